The number of alkyl halides is 3. The molecule has 62 heavy (non-hydrogen) atoms. The lowest BCUT2D eigenvalue weighted by Gasteiger charge is -2.31. The van der Waals surface area contributed by atoms with E-state index in [-0.39, 0.29) is 59.0 Å². The van der Waals surface area contributed by atoms with Crippen molar-refractivity contribution in [2.24, 2.45) is 20.0 Å². The van der Waals surface area contributed by atoms with Gasteiger partial charge in [0.2, 0.25) is 5.60 Å². The highest BCUT2D eigenvalue weighted by molar-refractivity contribution is 6.20. The number of rotatable bonds is 7. The summed E-state index contributed by atoms with van der Waals surface area (Å²) in [6.07, 6.45) is 0.481. The van der Waals surface area contributed by atoms with Gasteiger partial charge in [-0.05, 0) is 77.0 Å². The molecule has 0 spiro atoms. The Morgan fingerprint density at radius 3 is 1.90 bits per heavy atom. The number of halogens is 3. The Morgan fingerprint density at radius 1 is 0.839 bits per heavy atom. The lowest BCUT2D eigenvalue weighted by Crippen LogP contribution is -2.41. The number of aromatic nitrogens is 2. The second kappa shape index (κ2) is 17.8. The van der Waals surface area contributed by atoms with Gasteiger partial charge < -0.3 is 38.5 Å². The van der Waals surface area contributed by atoms with Crippen LogP contribution in [0.4, 0.5) is 18.9 Å². The highest BCUT2D eigenvalue weighted by Gasteiger charge is 2.54. The van der Waals surface area contributed by atoms with Crippen molar-refractivity contribution in [1.82, 2.24) is 9.13 Å². The Morgan fingerprint density at radius 2 is 1.37 bits per heavy atom. The zero-order valence-corrected chi connectivity index (χ0v) is 35.8. The molecule has 3 heterocycles. The van der Waals surface area contributed by atoms with Crippen molar-refractivity contribution in [1.29, 1.82) is 0 Å². The molecule has 7 rings (SSSR count). The zero-order chi connectivity index (χ0) is 45.3. The fraction of sp³-hybridized carbons (Fsp3) is 0.447. The number of benzene rings is 1. The highest BCUT2D eigenvalue weighted by atomic mass is 19.4. The van der Waals surface area contributed by atoms with Crippen LogP contribution in [0.25, 0.3) is 11.1 Å². The molecule has 1 saturated carbocycles. The van der Waals surface area contributed by atoms with Crippen LogP contribution in [0.5, 0.6) is 0 Å². The van der Waals surface area contributed by atoms with Crippen molar-refractivity contribution >= 4 is 28.8 Å². The fourth-order valence-electron chi connectivity index (χ4n) is 7.82. The number of hydrogen-bond acceptors (Lipinski definition) is 10. The van der Waals surface area contributed by atoms with Crippen LogP contribution in [-0.2, 0) is 56.3 Å². The van der Waals surface area contributed by atoms with Crippen molar-refractivity contribution in [2.75, 3.05) is 44.4 Å². The maximum absolute atomic E-state index is 14.3. The topological polar surface area (TPSA) is 150 Å². The van der Waals surface area contributed by atoms with Gasteiger partial charge in [-0.25, -0.2) is 9.59 Å². The standard InChI is InChI=1S/C27H27F3N2O5.C20H23NO4/c1-4-37-25(34)22-17(2)14-21-23(22)18(16-31(3)24(21)33)8-9-26(35,27(28,29)30)19-6-5-7-20(15-19)32-10-12-36-13-11-32;1-5-25-19(23)17-14(12-6-7-12)10-15-16(17)13(8-9-20(2,3)24)11-21(4)18(15)22/h5-7,15-16,35H,4,10-14H2,1-3H3;11-12,24H,5-7,10H2,1-4H3. The summed E-state index contributed by atoms with van der Waals surface area (Å²) in [7, 11) is 3.13. The van der Waals surface area contributed by atoms with E-state index in [1.165, 1.54) is 40.6 Å². The Labute approximate surface area is 357 Å². The molecule has 1 atom stereocenters. The van der Waals surface area contributed by atoms with Crippen LogP contribution in [0.15, 0.2) is 57.4 Å². The van der Waals surface area contributed by atoms with E-state index in [0.717, 1.165) is 18.4 Å². The van der Waals surface area contributed by atoms with E-state index in [1.807, 2.05) is 10.8 Å². The smallest absolute Gasteiger partial charge is 0.433 e. The number of fused-ring (bicyclic) bond motifs is 2. The predicted octanol–water partition coefficient (Wildman–Crippen LogP) is 4.71. The molecule has 1 aromatic carbocycles. The number of pyridine rings is 2. The Kier molecular flexibility index (Phi) is 13.1. The number of esters is 2. The summed E-state index contributed by atoms with van der Waals surface area (Å²) >= 11 is 0. The molecule has 15 heteroatoms. The van der Waals surface area contributed by atoms with Crippen LogP contribution in [0.3, 0.4) is 0 Å². The maximum atomic E-state index is 14.3. The molecule has 1 saturated heterocycles. The lowest BCUT2D eigenvalue weighted by molar-refractivity contribution is -0.240. The Balaban J connectivity index is 0.000000223. The van der Waals surface area contributed by atoms with Crippen molar-refractivity contribution < 1.29 is 47.2 Å². The molecule has 0 bridgehead atoms. The second-order valence-corrected chi connectivity index (χ2v) is 16.2. The minimum Gasteiger partial charge on any atom is -0.462 e. The molecule has 1 unspecified atom stereocenters. The lowest BCUT2D eigenvalue weighted by atomic mass is 9.92. The van der Waals surface area contributed by atoms with Crippen LogP contribution in [0.1, 0.15) is 86.4 Å². The number of aliphatic hydroxyl groups is 2. The molecule has 4 aliphatic rings. The van der Waals surface area contributed by atoms with Gasteiger partial charge in [-0.15, -0.1) is 0 Å². The average Bonchev–Trinajstić information content (AvgIpc) is 3.89. The number of ether oxygens (including phenoxy) is 3. The maximum Gasteiger partial charge on any atom is 0.433 e. The number of allylic oxidation sites excluding steroid dienone is 2. The van der Waals surface area contributed by atoms with Gasteiger partial charge in [0.05, 0.1) is 37.6 Å². The van der Waals surface area contributed by atoms with Gasteiger partial charge in [0.1, 0.15) is 5.60 Å². The second-order valence-electron chi connectivity index (χ2n) is 16.2. The largest absolute Gasteiger partial charge is 0.462 e. The molecule has 0 radical (unpaired) electrons. The SMILES string of the molecule is CCOC(=O)C1=C(C)Cc2c1c(C#CC(O)(c1cccc(N3CCOCC3)c1)C(F)(F)F)cn(C)c2=O.CCOC(=O)C1=C(C2CC2)Cc2c1c(C#CC(C)(C)O)cn(C)c2=O. The van der Waals surface area contributed by atoms with Crippen LogP contribution >= 0.6 is 0 Å². The van der Waals surface area contributed by atoms with Crippen molar-refractivity contribution in [3.05, 3.63) is 107 Å². The highest BCUT2D eigenvalue weighted by Crippen LogP contribution is 2.47. The number of morpholine rings is 1. The Bertz CT molecular complexity index is 2620. The van der Waals surface area contributed by atoms with E-state index in [1.54, 1.807) is 53.9 Å². The van der Waals surface area contributed by atoms with Crippen molar-refractivity contribution in [2.45, 2.75) is 77.7 Å². The fourth-order valence-corrected chi connectivity index (χ4v) is 7.82. The van der Waals surface area contributed by atoms with E-state index in [4.69, 9.17) is 14.2 Å². The molecule has 2 N–H and O–H groups in total. The van der Waals surface area contributed by atoms with E-state index in [2.05, 4.69) is 17.8 Å². The molecule has 12 nitrogen and oxygen atoms in total. The molecule has 0 amide bonds. The first-order valence-electron chi connectivity index (χ1n) is 20.4. The van der Waals surface area contributed by atoms with Gasteiger partial charge in [0, 0.05) is 97.1 Å². The first-order chi connectivity index (χ1) is 29.2. The van der Waals surface area contributed by atoms with Gasteiger partial charge in [-0.2, -0.15) is 13.2 Å². The quantitative estimate of drug-likeness (QED) is 0.253. The van der Waals surface area contributed by atoms with Crippen LogP contribution in [0.2, 0.25) is 0 Å². The Hall–Kier alpha value is -5.87. The average molecular weight is 858 g/mol. The minimum atomic E-state index is -5.14. The molecular weight excluding hydrogens is 808 g/mol. The van der Waals surface area contributed by atoms with Crippen molar-refractivity contribution in [3.8, 4) is 23.7 Å². The zero-order valence-electron chi connectivity index (χ0n) is 35.8. The third-order valence-electron chi connectivity index (χ3n) is 11.0. The van der Waals surface area contributed by atoms with Gasteiger partial charge in [0.25, 0.3) is 11.1 Å². The molecule has 328 valence electrons. The summed E-state index contributed by atoms with van der Waals surface area (Å²) in [5.41, 5.74) is -0.689. The summed E-state index contributed by atoms with van der Waals surface area (Å²) < 4.78 is 61.4. The summed E-state index contributed by atoms with van der Waals surface area (Å²) in [6, 6.07) is 5.55. The predicted molar refractivity (Wildman–Crippen MR) is 226 cm³/mol. The van der Waals surface area contributed by atoms with E-state index >= 15 is 0 Å². The monoisotopic (exact) mass is 857 g/mol. The number of anilines is 1. The summed E-state index contributed by atoms with van der Waals surface area (Å²) in [5, 5.41) is 20.9. The van der Waals surface area contributed by atoms with Gasteiger partial charge in [-0.3, -0.25) is 9.59 Å². The molecule has 2 fully saturated rings. The normalized spacial score (nSPS) is 16.8. The molecule has 3 aliphatic carbocycles. The molecule has 1 aliphatic heterocycles. The van der Waals surface area contributed by atoms with Crippen molar-refractivity contribution in [3.63, 3.8) is 0 Å². The van der Waals surface area contributed by atoms with Gasteiger partial charge in [-0.1, -0.05) is 35.5 Å². The summed E-state index contributed by atoms with van der Waals surface area (Å²) in [6.45, 7) is 10.5. The summed E-state index contributed by atoms with van der Waals surface area (Å²) in [4.78, 5) is 52.5. The number of carbonyl (C=O) groups excluding carboxylic acids is 2. The first kappa shape index (κ1) is 45.7. The summed E-state index contributed by atoms with van der Waals surface area (Å²) in [5.74, 6) is 9.50. The van der Waals surface area contributed by atoms with Crippen LogP contribution in [0, 0.1) is 29.6 Å². The number of carbonyl (C=O) groups is 2. The van der Waals surface area contributed by atoms with Crippen LogP contribution < -0.4 is 16.0 Å². The first-order valence-corrected chi connectivity index (χ1v) is 20.4. The van der Waals surface area contributed by atoms with Gasteiger partial charge in [0.15, 0.2) is 0 Å². The van der Waals surface area contributed by atoms with E-state index in [0.29, 0.717) is 72.2 Å². The third-order valence-corrected chi connectivity index (χ3v) is 11.0. The molecule has 2 aromatic heterocycles. The molecule has 3 aromatic rings. The minimum absolute atomic E-state index is 0.0176. The van der Waals surface area contributed by atoms with E-state index in [9.17, 15) is 42.6 Å². The van der Waals surface area contributed by atoms with E-state index < -0.39 is 28.9 Å². The van der Waals surface area contributed by atoms with Gasteiger partial charge >= 0.3 is 18.1 Å². The number of aryl methyl sites for hydroxylation is 2. The molecular formula is C47H50F3N3O9. The number of nitrogens with zero attached hydrogens (tertiary/aromatic N) is 3. The number of hydrogen-bond donors (Lipinski definition) is 2. The van der Waals surface area contributed by atoms with Crippen LogP contribution in [-0.4, -0.2) is 82.6 Å². The third kappa shape index (κ3) is 9.31.